The highest BCUT2D eigenvalue weighted by atomic mass is 16.3. The second-order valence-corrected chi connectivity index (χ2v) is 5.99. The van der Waals surface area contributed by atoms with Crippen molar-refractivity contribution >= 4 is 0 Å². The molecule has 2 nitrogen and oxygen atoms in total. The summed E-state index contributed by atoms with van der Waals surface area (Å²) in [4.78, 5) is 0. The Kier molecular flexibility index (Phi) is 3.17. The van der Waals surface area contributed by atoms with E-state index in [1.165, 1.54) is 24.8 Å². The van der Waals surface area contributed by atoms with Crippen molar-refractivity contribution in [3.8, 4) is 5.75 Å². The van der Waals surface area contributed by atoms with Gasteiger partial charge in [0.1, 0.15) is 5.75 Å². The molecule has 0 radical (unpaired) electrons. The van der Waals surface area contributed by atoms with E-state index in [2.05, 4.69) is 0 Å². The zero-order valence-corrected chi connectivity index (χ0v) is 10.7. The summed E-state index contributed by atoms with van der Waals surface area (Å²) < 4.78 is 0. The molecule has 17 heavy (non-hydrogen) atoms. The van der Waals surface area contributed by atoms with Crippen LogP contribution in [0.3, 0.4) is 0 Å². The molecule has 0 saturated heterocycles. The van der Waals surface area contributed by atoms with Crippen LogP contribution in [0.25, 0.3) is 0 Å². The largest absolute Gasteiger partial charge is 0.508 e. The van der Waals surface area contributed by atoms with Crippen LogP contribution < -0.4 is 0 Å². The third-order valence-corrected chi connectivity index (χ3v) is 4.01. The Hall–Kier alpha value is -1.02. The minimum absolute atomic E-state index is 0.244. The molecule has 1 fully saturated rings. The lowest BCUT2D eigenvalue weighted by Crippen LogP contribution is -2.36. The summed E-state index contributed by atoms with van der Waals surface area (Å²) in [6, 6.07) is 7.58. The van der Waals surface area contributed by atoms with Gasteiger partial charge in [-0.1, -0.05) is 18.6 Å². The predicted octanol–water partition coefficient (Wildman–Crippen LogP) is 3.37. The predicted molar refractivity (Wildman–Crippen MR) is 69.2 cm³/mol. The molecule has 0 atom stereocenters. The van der Waals surface area contributed by atoms with Crippen molar-refractivity contribution in [1.29, 1.82) is 0 Å². The number of aromatic hydroxyl groups is 1. The van der Waals surface area contributed by atoms with Gasteiger partial charge < -0.3 is 10.2 Å². The first kappa shape index (κ1) is 12.4. The summed E-state index contributed by atoms with van der Waals surface area (Å²) in [6.45, 7) is 3.74. The third-order valence-electron chi connectivity index (χ3n) is 4.01. The number of phenols is 1. The van der Waals surface area contributed by atoms with Crippen LogP contribution in [0.15, 0.2) is 24.3 Å². The Labute approximate surface area is 103 Å². The van der Waals surface area contributed by atoms with E-state index in [1.807, 2.05) is 26.0 Å². The quantitative estimate of drug-likeness (QED) is 0.838. The molecule has 1 aromatic carbocycles. The number of hydrogen-bond donors (Lipinski definition) is 2. The van der Waals surface area contributed by atoms with Gasteiger partial charge >= 0.3 is 0 Å². The SMILES string of the molecule is CC(C)(O)CCC1(c2ccc(O)cc2)CCC1. The Bertz CT molecular complexity index is 369. The second kappa shape index (κ2) is 4.34. The molecule has 0 aliphatic heterocycles. The van der Waals surface area contributed by atoms with Gasteiger partial charge in [0.05, 0.1) is 5.60 Å². The molecule has 0 heterocycles. The van der Waals surface area contributed by atoms with E-state index in [4.69, 9.17) is 0 Å². The van der Waals surface area contributed by atoms with Crippen molar-refractivity contribution in [3.63, 3.8) is 0 Å². The molecule has 1 aliphatic carbocycles. The third kappa shape index (κ3) is 2.81. The maximum Gasteiger partial charge on any atom is 0.115 e. The fourth-order valence-electron chi connectivity index (χ4n) is 2.65. The Morgan fingerprint density at radius 2 is 1.76 bits per heavy atom. The first-order valence-electron chi connectivity index (χ1n) is 6.43. The second-order valence-electron chi connectivity index (χ2n) is 5.99. The summed E-state index contributed by atoms with van der Waals surface area (Å²) in [7, 11) is 0. The number of rotatable bonds is 4. The summed E-state index contributed by atoms with van der Waals surface area (Å²) in [6.07, 6.45) is 5.53. The van der Waals surface area contributed by atoms with Crippen LogP contribution in [0, 0.1) is 0 Å². The monoisotopic (exact) mass is 234 g/mol. The molecule has 0 spiro atoms. The maximum absolute atomic E-state index is 9.85. The minimum atomic E-state index is -0.584. The van der Waals surface area contributed by atoms with Crippen molar-refractivity contribution in [2.75, 3.05) is 0 Å². The normalized spacial score (nSPS) is 18.8. The molecule has 2 heteroatoms. The summed E-state index contributed by atoms with van der Waals surface area (Å²) in [5, 5.41) is 19.2. The lowest BCUT2D eigenvalue weighted by molar-refractivity contribution is 0.0519. The van der Waals surface area contributed by atoms with Gasteiger partial charge in [0.25, 0.3) is 0 Å². The molecule has 0 unspecified atom stereocenters. The topological polar surface area (TPSA) is 40.5 Å². The molecule has 0 amide bonds. The summed E-state index contributed by atoms with van der Waals surface area (Å²) in [5.41, 5.74) is 0.971. The molecule has 1 saturated carbocycles. The lowest BCUT2D eigenvalue weighted by Gasteiger charge is -2.44. The summed E-state index contributed by atoms with van der Waals surface area (Å²) >= 11 is 0. The molecular formula is C15H22O2. The van der Waals surface area contributed by atoms with Crippen molar-refractivity contribution in [1.82, 2.24) is 0 Å². The molecule has 2 N–H and O–H groups in total. The van der Waals surface area contributed by atoms with E-state index in [0.29, 0.717) is 5.75 Å². The van der Waals surface area contributed by atoms with Crippen molar-refractivity contribution in [2.24, 2.45) is 0 Å². The van der Waals surface area contributed by atoms with Gasteiger partial charge in [0, 0.05) is 0 Å². The van der Waals surface area contributed by atoms with Gasteiger partial charge in [0.15, 0.2) is 0 Å². The van der Waals surface area contributed by atoms with Gasteiger partial charge in [0.2, 0.25) is 0 Å². The van der Waals surface area contributed by atoms with Gasteiger partial charge in [-0.15, -0.1) is 0 Å². The highest BCUT2D eigenvalue weighted by molar-refractivity contribution is 5.33. The molecule has 0 bridgehead atoms. The van der Waals surface area contributed by atoms with Crippen LogP contribution in [-0.2, 0) is 5.41 Å². The van der Waals surface area contributed by atoms with E-state index in [1.54, 1.807) is 12.1 Å². The zero-order chi connectivity index (χ0) is 12.5. The number of phenolic OH excluding ortho intramolecular Hbond substituents is 1. The Balaban J connectivity index is 2.11. The van der Waals surface area contributed by atoms with E-state index < -0.39 is 5.60 Å². The lowest BCUT2D eigenvalue weighted by atomic mass is 9.61. The van der Waals surface area contributed by atoms with Gasteiger partial charge in [-0.2, -0.15) is 0 Å². The standard InChI is InChI=1S/C15H22O2/c1-14(2,17)10-11-15(8-3-9-15)12-4-6-13(16)7-5-12/h4-7,16-17H,3,8-11H2,1-2H3. The Morgan fingerprint density at radius 1 is 1.18 bits per heavy atom. The number of hydrogen-bond acceptors (Lipinski definition) is 2. The number of benzene rings is 1. The minimum Gasteiger partial charge on any atom is -0.508 e. The maximum atomic E-state index is 9.85. The van der Waals surface area contributed by atoms with Gasteiger partial charge in [-0.3, -0.25) is 0 Å². The fraction of sp³-hybridized carbons (Fsp3) is 0.600. The number of aliphatic hydroxyl groups is 1. The fourth-order valence-corrected chi connectivity index (χ4v) is 2.65. The van der Waals surface area contributed by atoms with Gasteiger partial charge in [-0.25, -0.2) is 0 Å². The van der Waals surface area contributed by atoms with Gasteiger partial charge in [-0.05, 0) is 62.6 Å². The Morgan fingerprint density at radius 3 is 2.18 bits per heavy atom. The first-order chi connectivity index (χ1) is 7.91. The first-order valence-corrected chi connectivity index (χ1v) is 6.43. The highest BCUT2D eigenvalue weighted by Crippen LogP contribution is 2.48. The highest BCUT2D eigenvalue weighted by Gasteiger charge is 2.39. The molecule has 2 rings (SSSR count). The smallest absolute Gasteiger partial charge is 0.115 e. The molecule has 1 aromatic rings. The molecular weight excluding hydrogens is 212 g/mol. The van der Waals surface area contributed by atoms with Crippen molar-refractivity contribution in [3.05, 3.63) is 29.8 Å². The molecule has 94 valence electrons. The van der Waals surface area contributed by atoms with E-state index >= 15 is 0 Å². The van der Waals surface area contributed by atoms with Crippen molar-refractivity contribution < 1.29 is 10.2 Å². The molecule has 1 aliphatic rings. The summed E-state index contributed by atoms with van der Waals surface area (Å²) in [5.74, 6) is 0.325. The van der Waals surface area contributed by atoms with Crippen LogP contribution in [0.4, 0.5) is 0 Å². The van der Waals surface area contributed by atoms with Crippen LogP contribution in [0.2, 0.25) is 0 Å². The van der Waals surface area contributed by atoms with E-state index in [-0.39, 0.29) is 5.41 Å². The van der Waals surface area contributed by atoms with Crippen LogP contribution in [0.1, 0.15) is 51.5 Å². The van der Waals surface area contributed by atoms with Crippen LogP contribution in [-0.4, -0.2) is 15.8 Å². The average Bonchev–Trinajstić information content (AvgIpc) is 2.17. The van der Waals surface area contributed by atoms with Crippen molar-refractivity contribution in [2.45, 2.75) is 57.0 Å². The van der Waals surface area contributed by atoms with Crippen LogP contribution >= 0.6 is 0 Å². The average molecular weight is 234 g/mol. The van der Waals surface area contributed by atoms with Crippen LogP contribution in [0.5, 0.6) is 5.75 Å². The van der Waals surface area contributed by atoms with E-state index in [9.17, 15) is 10.2 Å². The molecule has 0 aromatic heterocycles. The zero-order valence-electron chi connectivity index (χ0n) is 10.7. The van der Waals surface area contributed by atoms with E-state index in [0.717, 1.165) is 12.8 Å².